The molecule has 35 heavy (non-hydrogen) atoms. The number of carbonyl (C=O) groups excluding carboxylic acids is 1. The van der Waals surface area contributed by atoms with Crippen molar-refractivity contribution >= 4 is 45.0 Å². The molecule has 1 saturated heterocycles. The zero-order chi connectivity index (χ0) is 23.3. The zero-order valence-corrected chi connectivity index (χ0v) is 21.5. The molecule has 0 unspecified atom stereocenters. The maximum Gasteiger partial charge on any atom is 0.260 e. The summed E-state index contributed by atoms with van der Waals surface area (Å²) in [5.41, 5.74) is 5.07. The number of benzene rings is 3. The third kappa shape index (κ3) is 6.08. The molecule has 1 aromatic heterocycles. The van der Waals surface area contributed by atoms with Crippen LogP contribution in [0.4, 0.5) is 5.13 Å². The lowest BCUT2D eigenvalue weighted by Crippen LogP contribution is -2.39. The maximum atomic E-state index is 13.7. The first-order chi connectivity index (χ1) is 16.7. The van der Waals surface area contributed by atoms with Gasteiger partial charge in [0.25, 0.3) is 5.91 Å². The number of fused-ring (bicyclic) bond motifs is 1. The highest BCUT2D eigenvalue weighted by atomic mass is 35.5. The molecule has 0 spiro atoms. The van der Waals surface area contributed by atoms with Crippen LogP contribution in [-0.4, -0.2) is 55.2 Å². The summed E-state index contributed by atoms with van der Waals surface area (Å²) < 4.78 is 6.57. The molecule has 2 heterocycles. The molecule has 0 bridgehead atoms. The normalized spacial score (nSPS) is 14.0. The summed E-state index contributed by atoms with van der Waals surface area (Å²) in [5.74, 6) is -0.00244. The summed E-state index contributed by atoms with van der Waals surface area (Å²) in [6, 6.07) is 24.4. The maximum absolute atomic E-state index is 13.7. The number of ether oxygens (including phenoxy) is 1. The first kappa shape index (κ1) is 25.3. The molecule has 7 heteroatoms. The Morgan fingerprint density at radius 2 is 1.71 bits per heavy atom. The Morgan fingerprint density at radius 3 is 2.46 bits per heavy atom. The van der Waals surface area contributed by atoms with Gasteiger partial charge in [0.05, 0.1) is 23.4 Å². The highest BCUT2D eigenvalue weighted by Gasteiger charge is 2.22. The Labute approximate surface area is 216 Å². The predicted octanol–water partition coefficient (Wildman–Crippen LogP) is 6.06. The number of morpholine rings is 1. The van der Waals surface area contributed by atoms with Crippen molar-refractivity contribution in [3.8, 4) is 11.1 Å². The van der Waals surface area contributed by atoms with Crippen molar-refractivity contribution in [2.75, 3.05) is 44.3 Å². The second kappa shape index (κ2) is 11.8. The van der Waals surface area contributed by atoms with Crippen molar-refractivity contribution in [1.82, 2.24) is 9.88 Å². The number of anilines is 1. The third-order valence-electron chi connectivity index (χ3n) is 6.21. The van der Waals surface area contributed by atoms with Crippen LogP contribution in [0.5, 0.6) is 0 Å². The number of hydrogen-bond acceptors (Lipinski definition) is 5. The van der Waals surface area contributed by atoms with E-state index in [-0.39, 0.29) is 18.3 Å². The van der Waals surface area contributed by atoms with E-state index in [0.717, 1.165) is 65.7 Å². The van der Waals surface area contributed by atoms with Crippen LogP contribution in [0.1, 0.15) is 22.3 Å². The fraction of sp³-hybridized carbons (Fsp3) is 0.286. The molecule has 1 aliphatic rings. The number of thiazole rings is 1. The topological polar surface area (TPSA) is 45.7 Å². The molecule has 4 aromatic rings. The van der Waals surface area contributed by atoms with Gasteiger partial charge in [-0.15, -0.1) is 12.4 Å². The van der Waals surface area contributed by atoms with E-state index in [1.807, 2.05) is 53.4 Å². The van der Waals surface area contributed by atoms with Gasteiger partial charge in [0, 0.05) is 31.7 Å². The Kier molecular flexibility index (Phi) is 8.52. The van der Waals surface area contributed by atoms with E-state index in [1.54, 1.807) is 11.3 Å². The van der Waals surface area contributed by atoms with Crippen LogP contribution in [0.2, 0.25) is 0 Å². The first-order valence-corrected chi connectivity index (χ1v) is 12.6. The van der Waals surface area contributed by atoms with E-state index in [4.69, 9.17) is 9.72 Å². The van der Waals surface area contributed by atoms with E-state index in [0.29, 0.717) is 12.1 Å². The number of aromatic nitrogens is 1. The molecule has 182 valence electrons. The lowest BCUT2D eigenvalue weighted by molar-refractivity contribution is 0.0376. The van der Waals surface area contributed by atoms with E-state index in [9.17, 15) is 4.79 Å². The van der Waals surface area contributed by atoms with Crippen molar-refractivity contribution < 1.29 is 9.53 Å². The van der Waals surface area contributed by atoms with Gasteiger partial charge in [-0.3, -0.25) is 14.6 Å². The molecule has 0 atom stereocenters. The molecular formula is C28H30ClN3O2S. The van der Waals surface area contributed by atoms with Gasteiger partial charge in [0.1, 0.15) is 0 Å². The standard InChI is InChI=1S/C28H29N3O2S.ClH/c1-21-8-13-25-26(20-21)34-28(29-25)31(15-5-14-30-16-18-33-19-17-30)27(32)24-11-9-23(10-12-24)22-6-3-2-4-7-22;/h2-4,6-13,20H,5,14-19H2,1H3;1H. The Morgan fingerprint density at radius 1 is 1.00 bits per heavy atom. The number of rotatable bonds is 7. The molecule has 5 nitrogen and oxygen atoms in total. The number of aryl methyl sites for hydroxylation is 1. The van der Waals surface area contributed by atoms with E-state index in [2.05, 4.69) is 36.1 Å². The molecule has 1 aliphatic heterocycles. The van der Waals surface area contributed by atoms with Gasteiger partial charge in [-0.1, -0.05) is 59.9 Å². The Hall–Kier alpha value is -2.77. The zero-order valence-electron chi connectivity index (χ0n) is 19.9. The minimum Gasteiger partial charge on any atom is -0.379 e. The summed E-state index contributed by atoms with van der Waals surface area (Å²) in [7, 11) is 0. The molecule has 0 saturated carbocycles. The van der Waals surface area contributed by atoms with Gasteiger partial charge >= 0.3 is 0 Å². The average molecular weight is 508 g/mol. The summed E-state index contributed by atoms with van der Waals surface area (Å²) in [6.07, 6.45) is 0.892. The molecule has 1 fully saturated rings. The quantitative estimate of drug-likeness (QED) is 0.305. The summed E-state index contributed by atoms with van der Waals surface area (Å²) in [5, 5.41) is 0.764. The molecule has 0 N–H and O–H groups in total. The SMILES string of the molecule is Cc1ccc2nc(N(CCCN3CCOCC3)C(=O)c3ccc(-c4ccccc4)cc3)sc2c1.Cl. The monoisotopic (exact) mass is 507 g/mol. The van der Waals surface area contributed by atoms with Gasteiger partial charge in [-0.05, 0) is 54.3 Å². The highest BCUT2D eigenvalue weighted by molar-refractivity contribution is 7.22. The summed E-state index contributed by atoms with van der Waals surface area (Å²) in [6.45, 7) is 7.14. The molecule has 0 radical (unpaired) electrons. The highest BCUT2D eigenvalue weighted by Crippen LogP contribution is 2.31. The smallest absolute Gasteiger partial charge is 0.260 e. The number of hydrogen-bond donors (Lipinski definition) is 0. The first-order valence-electron chi connectivity index (χ1n) is 11.8. The second-order valence-electron chi connectivity index (χ2n) is 8.68. The Bertz CT molecular complexity index is 1250. The summed E-state index contributed by atoms with van der Waals surface area (Å²) in [4.78, 5) is 22.8. The van der Waals surface area contributed by atoms with Crippen LogP contribution >= 0.6 is 23.7 Å². The minimum absolute atomic E-state index is 0. The van der Waals surface area contributed by atoms with Crippen molar-refractivity contribution in [3.63, 3.8) is 0 Å². The molecule has 1 amide bonds. The lowest BCUT2D eigenvalue weighted by atomic mass is 10.0. The molecule has 0 aliphatic carbocycles. The van der Waals surface area contributed by atoms with Crippen LogP contribution in [0.25, 0.3) is 21.3 Å². The molecular weight excluding hydrogens is 478 g/mol. The van der Waals surface area contributed by atoms with Crippen LogP contribution in [0.15, 0.2) is 72.8 Å². The van der Waals surface area contributed by atoms with E-state index < -0.39 is 0 Å². The van der Waals surface area contributed by atoms with E-state index in [1.165, 1.54) is 5.56 Å². The van der Waals surface area contributed by atoms with Gasteiger partial charge < -0.3 is 4.74 Å². The van der Waals surface area contributed by atoms with Crippen molar-refractivity contribution in [3.05, 3.63) is 83.9 Å². The Balaban J connectivity index is 0.00000289. The van der Waals surface area contributed by atoms with Crippen LogP contribution in [-0.2, 0) is 4.74 Å². The van der Waals surface area contributed by atoms with Crippen LogP contribution in [0, 0.1) is 6.92 Å². The van der Waals surface area contributed by atoms with Crippen molar-refractivity contribution in [2.24, 2.45) is 0 Å². The van der Waals surface area contributed by atoms with Crippen LogP contribution in [0.3, 0.4) is 0 Å². The van der Waals surface area contributed by atoms with Gasteiger partial charge in [-0.2, -0.15) is 0 Å². The second-order valence-corrected chi connectivity index (χ2v) is 9.68. The van der Waals surface area contributed by atoms with Gasteiger partial charge in [-0.25, -0.2) is 4.98 Å². The average Bonchev–Trinajstić information content (AvgIpc) is 3.30. The van der Waals surface area contributed by atoms with Crippen molar-refractivity contribution in [1.29, 1.82) is 0 Å². The molecule has 5 rings (SSSR count). The number of carbonyl (C=O) groups is 1. The third-order valence-corrected chi connectivity index (χ3v) is 7.25. The number of halogens is 1. The number of nitrogens with zero attached hydrogens (tertiary/aromatic N) is 3. The van der Waals surface area contributed by atoms with Crippen molar-refractivity contribution in [2.45, 2.75) is 13.3 Å². The van der Waals surface area contributed by atoms with E-state index >= 15 is 0 Å². The lowest BCUT2D eigenvalue weighted by Gasteiger charge is -2.27. The fourth-order valence-corrected chi connectivity index (χ4v) is 5.38. The predicted molar refractivity (Wildman–Crippen MR) is 147 cm³/mol. The fourth-order valence-electron chi connectivity index (χ4n) is 4.29. The van der Waals surface area contributed by atoms with Gasteiger partial charge in [0.15, 0.2) is 5.13 Å². The number of amides is 1. The minimum atomic E-state index is -0.00244. The largest absolute Gasteiger partial charge is 0.379 e. The summed E-state index contributed by atoms with van der Waals surface area (Å²) >= 11 is 1.59. The van der Waals surface area contributed by atoms with Crippen LogP contribution < -0.4 is 4.90 Å². The molecule has 3 aromatic carbocycles. The van der Waals surface area contributed by atoms with Gasteiger partial charge in [0.2, 0.25) is 0 Å².